The van der Waals surface area contributed by atoms with Crippen molar-refractivity contribution < 1.29 is 9.53 Å². The van der Waals surface area contributed by atoms with Crippen molar-refractivity contribution in [3.8, 4) is 0 Å². The Morgan fingerprint density at radius 3 is 2.85 bits per heavy atom. The first-order valence-corrected chi connectivity index (χ1v) is 9.46. The molecule has 0 aliphatic rings. The van der Waals surface area contributed by atoms with E-state index in [1.54, 1.807) is 36.5 Å². The Hall–Kier alpha value is -3.13. The molecule has 2 heterocycles. The number of nitrogens with two attached hydrogens (primary N) is 1. The molecule has 0 spiro atoms. The van der Waals surface area contributed by atoms with Crippen LogP contribution in [-0.4, -0.2) is 29.1 Å². The van der Waals surface area contributed by atoms with Gasteiger partial charge in [0.15, 0.2) is 11.6 Å². The summed E-state index contributed by atoms with van der Waals surface area (Å²) in [6, 6.07) is 11.1. The SMILES string of the molecule is CCOC(=O)c1cccc(Nc2ncnc(NCCc3cccs3)c2N)c1. The zero-order valence-corrected chi connectivity index (χ0v) is 15.8. The van der Waals surface area contributed by atoms with Gasteiger partial charge >= 0.3 is 5.97 Å². The molecule has 0 aliphatic heterocycles. The van der Waals surface area contributed by atoms with Crippen LogP contribution in [0.1, 0.15) is 22.2 Å². The average molecular weight is 383 g/mol. The molecular formula is C19H21N5O2S. The van der Waals surface area contributed by atoms with E-state index < -0.39 is 0 Å². The zero-order chi connectivity index (χ0) is 19.1. The highest BCUT2D eigenvalue weighted by Crippen LogP contribution is 2.26. The van der Waals surface area contributed by atoms with Gasteiger partial charge in [-0.2, -0.15) is 0 Å². The number of thiophene rings is 1. The maximum Gasteiger partial charge on any atom is 0.338 e. The Labute approximate surface area is 161 Å². The summed E-state index contributed by atoms with van der Waals surface area (Å²) in [4.78, 5) is 21.6. The topological polar surface area (TPSA) is 102 Å². The number of hydrogen-bond acceptors (Lipinski definition) is 8. The van der Waals surface area contributed by atoms with Crippen molar-refractivity contribution in [3.63, 3.8) is 0 Å². The number of nitrogens with one attached hydrogen (secondary N) is 2. The smallest absolute Gasteiger partial charge is 0.338 e. The van der Waals surface area contributed by atoms with E-state index >= 15 is 0 Å². The third-order valence-electron chi connectivity index (χ3n) is 3.76. The number of carbonyl (C=O) groups is 1. The molecule has 0 aliphatic carbocycles. The molecule has 8 heteroatoms. The van der Waals surface area contributed by atoms with Crippen LogP contribution in [0.5, 0.6) is 0 Å². The van der Waals surface area contributed by atoms with Crippen molar-refractivity contribution in [1.82, 2.24) is 9.97 Å². The fraction of sp³-hybridized carbons (Fsp3) is 0.211. The van der Waals surface area contributed by atoms with Gasteiger partial charge in [-0.3, -0.25) is 0 Å². The minimum absolute atomic E-state index is 0.329. The van der Waals surface area contributed by atoms with Crippen LogP contribution in [0.25, 0.3) is 0 Å². The summed E-state index contributed by atoms with van der Waals surface area (Å²) >= 11 is 1.72. The first-order chi connectivity index (χ1) is 13.2. The fourth-order valence-electron chi connectivity index (χ4n) is 2.47. The molecule has 27 heavy (non-hydrogen) atoms. The highest BCUT2D eigenvalue weighted by molar-refractivity contribution is 7.09. The minimum atomic E-state index is -0.368. The summed E-state index contributed by atoms with van der Waals surface area (Å²) in [5.74, 6) is 0.683. The number of anilines is 4. The Morgan fingerprint density at radius 1 is 1.22 bits per heavy atom. The first-order valence-electron chi connectivity index (χ1n) is 8.58. The number of hydrogen-bond donors (Lipinski definition) is 3. The maximum atomic E-state index is 11.9. The molecule has 4 N–H and O–H groups in total. The lowest BCUT2D eigenvalue weighted by Crippen LogP contribution is -2.10. The van der Waals surface area contributed by atoms with Crippen molar-refractivity contribution in [2.75, 3.05) is 29.5 Å². The molecule has 1 aromatic carbocycles. The second kappa shape index (κ2) is 9.00. The number of aromatic nitrogens is 2. The van der Waals surface area contributed by atoms with Gasteiger partial charge in [0.2, 0.25) is 0 Å². The van der Waals surface area contributed by atoms with Crippen molar-refractivity contribution in [1.29, 1.82) is 0 Å². The quantitative estimate of drug-likeness (QED) is 0.510. The number of nitrogen functional groups attached to an aromatic ring is 1. The third-order valence-corrected chi connectivity index (χ3v) is 4.70. The summed E-state index contributed by atoms with van der Waals surface area (Å²) < 4.78 is 5.02. The van der Waals surface area contributed by atoms with E-state index in [4.69, 9.17) is 10.5 Å². The molecule has 0 radical (unpaired) electrons. The monoisotopic (exact) mass is 383 g/mol. The highest BCUT2D eigenvalue weighted by atomic mass is 32.1. The van der Waals surface area contributed by atoms with Gasteiger partial charge in [0.05, 0.1) is 12.2 Å². The van der Waals surface area contributed by atoms with Crippen LogP contribution in [0.4, 0.5) is 23.0 Å². The largest absolute Gasteiger partial charge is 0.462 e. The van der Waals surface area contributed by atoms with Gasteiger partial charge in [-0.25, -0.2) is 14.8 Å². The highest BCUT2D eigenvalue weighted by Gasteiger charge is 2.11. The minimum Gasteiger partial charge on any atom is -0.462 e. The van der Waals surface area contributed by atoms with Crippen molar-refractivity contribution in [2.45, 2.75) is 13.3 Å². The number of benzene rings is 1. The number of carbonyl (C=O) groups excluding carboxylic acids is 1. The molecule has 0 atom stereocenters. The van der Waals surface area contributed by atoms with E-state index in [1.165, 1.54) is 11.2 Å². The molecule has 140 valence electrons. The van der Waals surface area contributed by atoms with Gasteiger partial charge in [0.25, 0.3) is 0 Å². The molecule has 3 rings (SSSR count). The molecule has 0 unspecified atom stereocenters. The Morgan fingerprint density at radius 2 is 2.07 bits per heavy atom. The lowest BCUT2D eigenvalue weighted by Gasteiger charge is -2.13. The summed E-state index contributed by atoms with van der Waals surface area (Å²) in [5, 5.41) is 8.43. The lowest BCUT2D eigenvalue weighted by atomic mass is 10.2. The number of esters is 1. The fourth-order valence-corrected chi connectivity index (χ4v) is 3.18. The van der Waals surface area contributed by atoms with Gasteiger partial charge < -0.3 is 21.1 Å². The van der Waals surface area contributed by atoms with Crippen LogP contribution in [0.2, 0.25) is 0 Å². The first kappa shape index (κ1) is 18.7. The van der Waals surface area contributed by atoms with Crippen LogP contribution in [0, 0.1) is 0 Å². The van der Waals surface area contributed by atoms with Gasteiger partial charge in [-0.15, -0.1) is 11.3 Å². The summed E-state index contributed by atoms with van der Waals surface area (Å²) in [6.07, 6.45) is 2.34. The molecule has 3 aromatic rings. The van der Waals surface area contributed by atoms with Crippen LogP contribution >= 0.6 is 11.3 Å². The van der Waals surface area contributed by atoms with Gasteiger partial charge in [-0.05, 0) is 43.0 Å². The molecule has 0 fully saturated rings. The molecule has 0 bridgehead atoms. The van der Waals surface area contributed by atoms with E-state index in [0.29, 0.717) is 35.2 Å². The van der Waals surface area contributed by atoms with Crippen molar-refractivity contribution >= 4 is 40.3 Å². The molecule has 7 nitrogen and oxygen atoms in total. The summed E-state index contributed by atoms with van der Waals surface area (Å²) in [5.41, 5.74) is 7.77. The Bertz CT molecular complexity index is 899. The van der Waals surface area contributed by atoms with Crippen LogP contribution in [0.3, 0.4) is 0 Å². The summed E-state index contributed by atoms with van der Waals surface area (Å²) in [6.45, 7) is 2.82. The number of nitrogens with zero attached hydrogens (tertiary/aromatic N) is 2. The summed E-state index contributed by atoms with van der Waals surface area (Å²) in [7, 11) is 0. The average Bonchev–Trinajstić information content (AvgIpc) is 3.19. The molecule has 0 saturated heterocycles. The molecule has 0 amide bonds. The third kappa shape index (κ3) is 4.95. The van der Waals surface area contributed by atoms with E-state index in [-0.39, 0.29) is 5.97 Å². The lowest BCUT2D eigenvalue weighted by molar-refractivity contribution is 0.0526. The van der Waals surface area contributed by atoms with Gasteiger partial charge in [-0.1, -0.05) is 12.1 Å². The number of rotatable bonds is 8. The standard InChI is InChI=1S/C19H21N5O2S/c1-2-26-19(25)13-5-3-6-14(11-13)24-18-16(20)17(22-12-23-18)21-9-8-15-7-4-10-27-15/h3-7,10-12H,2,8-9,20H2,1H3,(H2,21,22,23,24). The van der Waals surface area contributed by atoms with E-state index in [2.05, 4.69) is 32.0 Å². The second-order valence-electron chi connectivity index (χ2n) is 5.67. The van der Waals surface area contributed by atoms with E-state index in [9.17, 15) is 4.79 Å². The predicted molar refractivity (Wildman–Crippen MR) is 109 cm³/mol. The van der Waals surface area contributed by atoms with E-state index in [1.807, 2.05) is 12.1 Å². The van der Waals surface area contributed by atoms with Gasteiger partial charge in [0.1, 0.15) is 12.0 Å². The predicted octanol–water partition coefficient (Wildman–Crippen LogP) is 3.70. The van der Waals surface area contributed by atoms with Gasteiger partial charge in [0, 0.05) is 17.1 Å². The number of ether oxygens (including phenoxy) is 1. The molecule has 2 aromatic heterocycles. The molecule has 0 saturated carbocycles. The zero-order valence-electron chi connectivity index (χ0n) is 14.9. The van der Waals surface area contributed by atoms with Crippen LogP contribution in [-0.2, 0) is 11.2 Å². The van der Waals surface area contributed by atoms with Crippen molar-refractivity contribution in [3.05, 3.63) is 58.5 Å². The van der Waals surface area contributed by atoms with Crippen molar-refractivity contribution in [2.24, 2.45) is 0 Å². The normalized spacial score (nSPS) is 10.4. The second-order valence-corrected chi connectivity index (χ2v) is 6.70. The Kier molecular flexibility index (Phi) is 6.22. The Balaban J connectivity index is 1.68. The molecular weight excluding hydrogens is 362 g/mol. The maximum absolute atomic E-state index is 11.9. The van der Waals surface area contributed by atoms with Crippen LogP contribution in [0.15, 0.2) is 48.1 Å². The van der Waals surface area contributed by atoms with E-state index in [0.717, 1.165) is 13.0 Å². The van der Waals surface area contributed by atoms with Crippen LogP contribution < -0.4 is 16.4 Å².